The van der Waals surface area contributed by atoms with Crippen LogP contribution in [0, 0.1) is 0 Å². The molecule has 1 aromatic carbocycles. The highest BCUT2D eigenvalue weighted by molar-refractivity contribution is 7.98. The predicted molar refractivity (Wildman–Crippen MR) is 68.8 cm³/mol. The second-order valence-corrected chi connectivity index (χ2v) is 5.12. The van der Waals surface area contributed by atoms with Crippen LogP contribution >= 0.6 is 11.8 Å². The lowest BCUT2D eigenvalue weighted by Crippen LogP contribution is -2.50. The quantitative estimate of drug-likeness (QED) is 0.608. The van der Waals surface area contributed by atoms with Crippen LogP contribution in [0.2, 0.25) is 0 Å². The SMILES string of the molecule is CSc1ccc(C(=O)C2(C)C[N]CCO2)cc1. The summed E-state index contributed by atoms with van der Waals surface area (Å²) in [4.78, 5) is 13.5. The Morgan fingerprint density at radius 1 is 1.41 bits per heavy atom. The first-order valence-electron chi connectivity index (χ1n) is 5.62. The molecular formula is C13H16NO2S. The Labute approximate surface area is 106 Å². The molecule has 1 saturated heterocycles. The molecule has 0 spiro atoms. The average molecular weight is 250 g/mol. The highest BCUT2D eigenvalue weighted by Gasteiger charge is 2.37. The van der Waals surface area contributed by atoms with Crippen LogP contribution < -0.4 is 5.32 Å². The molecule has 1 fully saturated rings. The fourth-order valence-corrected chi connectivity index (χ4v) is 2.27. The molecule has 1 heterocycles. The van der Waals surface area contributed by atoms with Gasteiger partial charge in [-0.3, -0.25) is 4.79 Å². The average Bonchev–Trinajstić information content (AvgIpc) is 2.39. The number of ketones is 1. The van der Waals surface area contributed by atoms with Crippen LogP contribution in [0.15, 0.2) is 29.2 Å². The molecule has 0 amide bonds. The van der Waals surface area contributed by atoms with Crippen molar-refractivity contribution in [2.75, 3.05) is 26.0 Å². The molecule has 17 heavy (non-hydrogen) atoms. The molecule has 0 aromatic heterocycles. The molecule has 1 unspecified atom stereocenters. The van der Waals surface area contributed by atoms with Gasteiger partial charge in [0.05, 0.1) is 6.61 Å². The van der Waals surface area contributed by atoms with E-state index in [0.29, 0.717) is 25.3 Å². The lowest BCUT2D eigenvalue weighted by Gasteiger charge is -2.32. The van der Waals surface area contributed by atoms with Crippen LogP contribution in [-0.2, 0) is 4.74 Å². The van der Waals surface area contributed by atoms with Gasteiger partial charge in [0.15, 0.2) is 5.78 Å². The highest BCUT2D eigenvalue weighted by atomic mass is 32.2. The summed E-state index contributed by atoms with van der Waals surface area (Å²) in [6.07, 6.45) is 2.02. The molecule has 0 N–H and O–H groups in total. The zero-order chi connectivity index (χ0) is 12.3. The number of hydrogen-bond acceptors (Lipinski definition) is 3. The van der Waals surface area contributed by atoms with Gasteiger partial charge in [0.2, 0.25) is 0 Å². The van der Waals surface area contributed by atoms with Crippen molar-refractivity contribution in [1.82, 2.24) is 5.32 Å². The minimum atomic E-state index is -0.779. The van der Waals surface area contributed by atoms with E-state index in [1.807, 2.05) is 37.4 Å². The van der Waals surface area contributed by atoms with Crippen LogP contribution in [0.4, 0.5) is 0 Å². The van der Waals surface area contributed by atoms with Crippen molar-refractivity contribution >= 4 is 17.5 Å². The molecule has 1 aromatic rings. The molecule has 4 heteroatoms. The van der Waals surface area contributed by atoms with Crippen molar-refractivity contribution in [3.8, 4) is 0 Å². The predicted octanol–water partition coefficient (Wildman–Crippen LogP) is 1.98. The number of carbonyl (C=O) groups excluding carboxylic acids is 1. The third-order valence-electron chi connectivity index (χ3n) is 2.92. The number of rotatable bonds is 3. The van der Waals surface area contributed by atoms with Crippen LogP contribution in [0.5, 0.6) is 0 Å². The Bertz CT molecular complexity index is 396. The first-order valence-corrected chi connectivity index (χ1v) is 6.84. The first-order chi connectivity index (χ1) is 8.15. The van der Waals surface area contributed by atoms with Gasteiger partial charge in [-0.05, 0) is 25.3 Å². The number of hydrogen-bond donors (Lipinski definition) is 0. The molecule has 1 aliphatic rings. The molecular weight excluding hydrogens is 234 g/mol. The molecule has 1 aliphatic heterocycles. The summed E-state index contributed by atoms with van der Waals surface area (Å²) in [6.45, 7) is 3.50. The molecule has 1 atom stereocenters. The monoisotopic (exact) mass is 250 g/mol. The second kappa shape index (κ2) is 5.21. The fourth-order valence-electron chi connectivity index (χ4n) is 1.86. The topological polar surface area (TPSA) is 40.4 Å². The molecule has 3 nitrogen and oxygen atoms in total. The van der Waals surface area contributed by atoms with Crippen LogP contribution in [-0.4, -0.2) is 37.3 Å². The van der Waals surface area contributed by atoms with Gasteiger partial charge >= 0.3 is 0 Å². The van der Waals surface area contributed by atoms with Crippen molar-refractivity contribution < 1.29 is 9.53 Å². The van der Waals surface area contributed by atoms with E-state index in [-0.39, 0.29) is 5.78 Å². The molecule has 91 valence electrons. The van der Waals surface area contributed by atoms with Gasteiger partial charge in [0.25, 0.3) is 0 Å². The minimum Gasteiger partial charge on any atom is -0.364 e. The van der Waals surface area contributed by atoms with E-state index in [1.54, 1.807) is 11.8 Å². The molecule has 1 radical (unpaired) electrons. The maximum atomic E-state index is 12.3. The van der Waals surface area contributed by atoms with Crippen molar-refractivity contribution in [3.05, 3.63) is 29.8 Å². The molecule has 0 aliphatic carbocycles. The van der Waals surface area contributed by atoms with Gasteiger partial charge in [0.1, 0.15) is 5.60 Å². The number of benzene rings is 1. The fraction of sp³-hybridized carbons (Fsp3) is 0.462. The summed E-state index contributed by atoms with van der Waals surface area (Å²) in [5.74, 6) is 0.0219. The third-order valence-corrected chi connectivity index (χ3v) is 3.66. The zero-order valence-electron chi connectivity index (χ0n) is 10.1. The Morgan fingerprint density at radius 3 is 2.65 bits per heavy atom. The second-order valence-electron chi connectivity index (χ2n) is 4.24. The van der Waals surface area contributed by atoms with Crippen molar-refractivity contribution in [3.63, 3.8) is 0 Å². The summed E-state index contributed by atoms with van der Waals surface area (Å²) in [6, 6.07) is 7.64. The Kier molecular flexibility index (Phi) is 3.86. The Hall–Kier alpha value is -0.840. The van der Waals surface area contributed by atoms with E-state index in [1.165, 1.54) is 0 Å². The smallest absolute Gasteiger partial charge is 0.195 e. The number of ether oxygens (including phenoxy) is 1. The lowest BCUT2D eigenvalue weighted by atomic mass is 9.93. The summed E-state index contributed by atoms with van der Waals surface area (Å²) >= 11 is 1.66. The number of morpholine rings is 1. The molecule has 2 rings (SSSR count). The molecule has 0 saturated carbocycles. The zero-order valence-corrected chi connectivity index (χ0v) is 10.9. The number of Topliss-reactive ketones (excluding diaryl/α,β-unsaturated/α-hetero) is 1. The van der Waals surface area contributed by atoms with E-state index in [9.17, 15) is 4.79 Å². The third kappa shape index (κ3) is 2.70. The van der Waals surface area contributed by atoms with Crippen LogP contribution in [0.1, 0.15) is 17.3 Å². The number of nitrogens with zero attached hydrogens (tertiary/aromatic N) is 1. The molecule has 0 bridgehead atoms. The Morgan fingerprint density at radius 2 is 2.12 bits per heavy atom. The van der Waals surface area contributed by atoms with E-state index in [4.69, 9.17) is 4.74 Å². The van der Waals surface area contributed by atoms with Gasteiger partial charge in [-0.2, -0.15) is 0 Å². The minimum absolute atomic E-state index is 0.0219. The highest BCUT2D eigenvalue weighted by Crippen LogP contribution is 2.22. The van der Waals surface area contributed by atoms with Crippen molar-refractivity contribution in [2.45, 2.75) is 17.4 Å². The maximum Gasteiger partial charge on any atom is 0.195 e. The van der Waals surface area contributed by atoms with E-state index >= 15 is 0 Å². The van der Waals surface area contributed by atoms with E-state index < -0.39 is 5.60 Å². The van der Waals surface area contributed by atoms with Crippen molar-refractivity contribution in [2.24, 2.45) is 0 Å². The summed E-state index contributed by atoms with van der Waals surface area (Å²) in [7, 11) is 0. The summed E-state index contributed by atoms with van der Waals surface area (Å²) in [5.41, 5.74) is -0.0820. The number of carbonyl (C=O) groups is 1. The van der Waals surface area contributed by atoms with E-state index in [0.717, 1.165) is 4.90 Å². The van der Waals surface area contributed by atoms with Gasteiger partial charge in [-0.1, -0.05) is 12.1 Å². The van der Waals surface area contributed by atoms with Gasteiger partial charge in [-0.25, -0.2) is 5.32 Å². The number of thioether (sulfide) groups is 1. The van der Waals surface area contributed by atoms with Crippen molar-refractivity contribution in [1.29, 1.82) is 0 Å². The van der Waals surface area contributed by atoms with Gasteiger partial charge in [0, 0.05) is 23.5 Å². The summed E-state index contributed by atoms with van der Waals surface area (Å²) < 4.78 is 5.59. The lowest BCUT2D eigenvalue weighted by molar-refractivity contribution is -0.0332. The van der Waals surface area contributed by atoms with Gasteiger partial charge in [-0.15, -0.1) is 11.8 Å². The maximum absolute atomic E-state index is 12.3. The summed E-state index contributed by atoms with van der Waals surface area (Å²) in [5, 5.41) is 4.26. The van der Waals surface area contributed by atoms with Gasteiger partial charge < -0.3 is 4.74 Å². The van der Waals surface area contributed by atoms with E-state index in [2.05, 4.69) is 5.32 Å². The first kappa shape index (κ1) is 12.6. The van der Waals surface area contributed by atoms with Crippen LogP contribution in [0.3, 0.4) is 0 Å². The Balaban J connectivity index is 2.17. The van der Waals surface area contributed by atoms with Crippen LogP contribution in [0.25, 0.3) is 0 Å². The standard InChI is InChI=1S/C13H16NO2S/c1-13(9-14-7-8-16-13)12(15)10-3-5-11(17-2)6-4-10/h3-6H,7-9H2,1-2H3. The normalized spacial score (nSPS) is 24.6. The largest absolute Gasteiger partial charge is 0.364 e.